The molecule has 0 saturated heterocycles. The van der Waals surface area contributed by atoms with Crippen molar-refractivity contribution in [3.05, 3.63) is 42.7 Å². The summed E-state index contributed by atoms with van der Waals surface area (Å²) in [6.45, 7) is 0.0842. The summed E-state index contributed by atoms with van der Waals surface area (Å²) in [6.07, 6.45) is 4.25. The fraction of sp³-hybridized carbons (Fsp3) is 0.333. The van der Waals surface area contributed by atoms with Crippen molar-refractivity contribution >= 4 is 5.82 Å². The molecule has 3 N–H and O–H groups in total. The van der Waals surface area contributed by atoms with Gasteiger partial charge in [-0.25, -0.2) is 9.37 Å². The molecule has 0 aliphatic heterocycles. The normalized spacial score (nSPS) is 25.0. The third-order valence-electron chi connectivity index (χ3n) is 3.65. The number of halogens is 1. The van der Waals surface area contributed by atoms with E-state index in [0.29, 0.717) is 18.7 Å². The summed E-state index contributed by atoms with van der Waals surface area (Å²) in [5.74, 6) is 0.676. The van der Waals surface area contributed by atoms with Crippen molar-refractivity contribution in [3.8, 4) is 11.3 Å². The second-order valence-corrected chi connectivity index (χ2v) is 5.26. The largest absolute Gasteiger partial charge is 0.366 e. The molecule has 1 aromatic carbocycles. The number of rotatable bonds is 4. The highest BCUT2D eigenvalue weighted by molar-refractivity contribution is 5.59. The Morgan fingerprint density at radius 2 is 2.00 bits per heavy atom. The molecule has 0 amide bonds. The van der Waals surface area contributed by atoms with Crippen molar-refractivity contribution in [1.82, 2.24) is 9.97 Å². The fourth-order valence-electron chi connectivity index (χ4n) is 2.48. The molecule has 1 aromatic heterocycles. The van der Waals surface area contributed by atoms with E-state index < -0.39 is 5.67 Å². The first-order valence-corrected chi connectivity index (χ1v) is 6.71. The minimum Gasteiger partial charge on any atom is -0.366 e. The molecule has 20 heavy (non-hydrogen) atoms. The lowest BCUT2D eigenvalue weighted by atomic mass is 9.77. The first-order valence-electron chi connectivity index (χ1n) is 6.71. The molecule has 2 aromatic rings. The van der Waals surface area contributed by atoms with Crippen LogP contribution in [0.25, 0.3) is 11.3 Å². The van der Waals surface area contributed by atoms with Crippen LogP contribution in [-0.4, -0.2) is 28.2 Å². The van der Waals surface area contributed by atoms with Crippen molar-refractivity contribution in [1.29, 1.82) is 0 Å². The highest BCUT2D eigenvalue weighted by Crippen LogP contribution is 2.36. The Kier molecular flexibility index (Phi) is 3.36. The average molecular weight is 272 g/mol. The number of nitrogens with two attached hydrogens (primary N) is 1. The standard InChI is InChI=1S/C15H17FN4/c16-15(10-17)6-12(7-15)19-14-9-18-8-13(20-14)11-4-2-1-3-5-11/h1-5,8-9,12H,6-7,10,17H2,(H,19,20). The molecule has 1 fully saturated rings. The number of anilines is 1. The molecule has 4 nitrogen and oxygen atoms in total. The molecule has 1 heterocycles. The van der Waals surface area contributed by atoms with E-state index in [-0.39, 0.29) is 12.6 Å². The first kappa shape index (κ1) is 13.0. The Balaban J connectivity index is 1.70. The van der Waals surface area contributed by atoms with Crippen LogP contribution in [0, 0.1) is 0 Å². The van der Waals surface area contributed by atoms with Gasteiger partial charge in [-0.05, 0) is 0 Å². The van der Waals surface area contributed by atoms with E-state index in [0.717, 1.165) is 11.3 Å². The van der Waals surface area contributed by atoms with Gasteiger partial charge in [0, 0.05) is 31.0 Å². The molecule has 1 saturated carbocycles. The van der Waals surface area contributed by atoms with Gasteiger partial charge in [-0.3, -0.25) is 4.98 Å². The quantitative estimate of drug-likeness (QED) is 0.897. The van der Waals surface area contributed by atoms with Gasteiger partial charge in [-0.2, -0.15) is 0 Å². The maximum Gasteiger partial charge on any atom is 0.145 e. The molecular formula is C15H17FN4. The van der Waals surface area contributed by atoms with Crippen LogP contribution in [0.5, 0.6) is 0 Å². The predicted molar refractivity (Wildman–Crippen MR) is 77.0 cm³/mol. The lowest BCUT2D eigenvalue weighted by Gasteiger charge is -2.41. The van der Waals surface area contributed by atoms with Gasteiger partial charge in [0.1, 0.15) is 11.5 Å². The van der Waals surface area contributed by atoms with E-state index in [2.05, 4.69) is 15.3 Å². The maximum atomic E-state index is 13.7. The molecule has 5 heteroatoms. The molecule has 1 aliphatic rings. The van der Waals surface area contributed by atoms with Gasteiger partial charge in [0.2, 0.25) is 0 Å². The Morgan fingerprint density at radius 3 is 2.70 bits per heavy atom. The average Bonchev–Trinajstić information content (AvgIpc) is 2.47. The first-order chi connectivity index (χ1) is 9.68. The molecular weight excluding hydrogens is 255 g/mol. The number of benzene rings is 1. The van der Waals surface area contributed by atoms with Gasteiger partial charge in [0.05, 0.1) is 18.1 Å². The number of aromatic nitrogens is 2. The van der Waals surface area contributed by atoms with Gasteiger partial charge in [0.15, 0.2) is 0 Å². The topological polar surface area (TPSA) is 63.8 Å². The zero-order chi connectivity index (χ0) is 14.0. The van der Waals surface area contributed by atoms with Crippen LogP contribution in [0.3, 0.4) is 0 Å². The predicted octanol–water partition coefficient (Wildman–Crippen LogP) is 2.38. The molecule has 0 bridgehead atoms. The molecule has 0 unspecified atom stereocenters. The Morgan fingerprint density at radius 1 is 1.25 bits per heavy atom. The second kappa shape index (κ2) is 5.17. The Hall–Kier alpha value is -2.01. The summed E-state index contributed by atoms with van der Waals surface area (Å²) >= 11 is 0. The summed E-state index contributed by atoms with van der Waals surface area (Å²) in [7, 11) is 0. The van der Waals surface area contributed by atoms with E-state index in [1.54, 1.807) is 12.4 Å². The minimum atomic E-state index is -1.21. The molecule has 0 spiro atoms. The smallest absolute Gasteiger partial charge is 0.145 e. The van der Waals surface area contributed by atoms with E-state index >= 15 is 0 Å². The number of nitrogens with one attached hydrogen (secondary N) is 1. The van der Waals surface area contributed by atoms with Gasteiger partial charge < -0.3 is 11.1 Å². The highest BCUT2D eigenvalue weighted by Gasteiger charge is 2.43. The van der Waals surface area contributed by atoms with Crippen molar-refractivity contribution in [2.45, 2.75) is 24.6 Å². The van der Waals surface area contributed by atoms with Crippen LogP contribution in [0.4, 0.5) is 10.2 Å². The lowest BCUT2D eigenvalue weighted by Crippen LogP contribution is -2.52. The van der Waals surface area contributed by atoms with E-state index in [4.69, 9.17) is 5.73 Å². The highest BCUT2D eigenvalue weighted by atomic mass is 19.1. The van der Waals surface area contributed by atoms with Crippen molar-refractivity contribution in [3.63, 3.8) is 0 Å². The van der Waals surface area contributed by atoms with Crippen LogP contribution >= 0.6 is 0 Å². The molecule has 1 aliphatic carbocycles. The SMILES string of the molecule is NCC1(F)CC(Nc2cncc(-c3ccccc3)n2)C1. The van der Waals surface area contributed by atoms with Gasteiger partial charge in [0.25, 0.3) is 0 Å². The van der Waals surface area contributed by atoms with Crippen LogP contribution in [0.2, 0.25) is 0 Å². The van der Waals surface area contributed by atoms with E-state index in [1.165, 1.54) is 0 Å². The van der Waals surface area contributed by atoms with Crippen LogP contribution in [-0.2, 0) is 0 Å². The van der Waals surface area contributed by atoms with Gasteiger partial charge in [-0.15, -0.1) is 0 Å². The van der Waals surface area contributed by atoms with E-state index in [1.807, 2.05) is 30.3 Å². The number of nitrogens with zero attached hydrogens (tertiary/aromatic N) is 2. The van der Waals surface area contributed by atoms with Crippen LogP contribution in [0.15, 0.2) is 42.7 Å². The van der Waals surface area contributed by atoms with Crippen molar-refractivity contribution in [2.24, 2.45) is 5.73 Å². The third kappa shape index (κ3) is 2.63. The number of alkyl halides is 1. The van der Waals surface area contributed by atoms with E-state index in [9.17, 15) is 4.39 Å². The fourth-order valence-corrected chi connectivity index (χ4v) is 2.48. The Bertz CT molecular complexity index is 581. The monoisotopic (exact) mass is 272 g/mol. The summed E-state index contributed by atoms with van der Waals surface area (Å²) in [4.78, 5) is 8.70. The summed E-state index contributed by atoms with van der Waals surface area (Å²) < 4.78 is 13.7. The van der Waals surface area contributed by atoms with Gasteiger partial charge in [-0.1, -0.05) is 30.3 Å². The summed E-state index contributed by atoms with van der Waals surface area (Å²) in [5, 5.41) is 3.21. The zero-order valence-corrected chi connectivity index (χ0v) is 11.1. The molecule has 104 valence electrons. The van der Waals surface area contributed by atoms with Crippen molar-refractivity contribution in [2.75, 3.05) is 11.9 Å². The van der Waals surface area contributed by atoms with Crippen LogP contribution < -0.4 is 11.1 Å². The summed E-state index contributed by atoms with van der Waals surface area (Å²) in [5.41, 5.74) is 6.01. The third-order valence-corrected chi connectivity index (χ3v) is 3.65. The number of hydrogen-bond donors (Lipinski definition) is 2. The molecule has 0 atom stereocenters. The molecule has 0 radical (unpaired) electrons. The molecule has 3 rings (SSSR count). The maximum absolute atomic E-state index is 13.7. The van der Waals surface area contributed by atoms with Crippen molar-refractivity contribution < 1.29 is 4.39 Å². The summed E-state index contributed by atoms with van der Waals surface area (Å²) in [6, 6.07) is 9.93. The minimum absolute atomic E-state index is 0.0842. The zero-order valence-electron chi connectivity index (χ0n) is 11.1. The van der Waals surface area contributed by atoms with Crippen LogP contribution in [0.1, 0.15) is 12.8 Å². The Labute approximate surface area is 117 Å². The number of hydrogen-bond acceptors (Lipinski definition) is 4. The van der Waals surface area contributed by atoms with Gasteiger partial charge >= 0.3 is 0 Å². The second-order valence-electron chi connectivity index (χ2n) is 5.26. The lowest BCUT2D eigenvalue weighted by molar-refractivity contribution is 0.0606.